The lowest BCUT2D eigenvalue weighted by Gasteiger charge is -2.01. The summed E-state index contributed by atoms with van der Waals surface area (Å²) in [6, 6.07) is 23.7. The maximum absolute atomic E-state index is 12.5. The van der Waals surface area contributed by atoms with Crippen molar-refractivity contribution in [2.45, 2.75) is 0 Å². The number of aromatic nitrogens is 1. The molecule has 0 radical (unpaired) electrons. The van der Waals surface area contributed by atoms with Crippen molar-refractivity contribution in [1.29, 1.82) is 0 Å². The van der Waals surface area contributed by atoms with Crippen molar-refractivity contribution in [2.24, 2.45) is 0 Å². The number of nitrogens with one attached hydrogen (secondary N) is 1. The average Bonchev–Trinajstić information content (AvgIpc) is 3.34. The zero-order valence-electron chi connectivity index (χ0n) is 14.2. The van der Waals surface area contributed by atoms with E-state index in [0.717, 1.165) is 22.0 Å². The highest BCUT2D eigenvalue weighted by Gasteiger charge is 2.14. The molecule has 5 heteroatoms. The highest BCUT2D eigenvalue weighted by Crippen LogP contribution is 2.28. The highest BCUT2D eigenvalue weighted by molar-refractivity contribution is 7.14. The fraction of sp³-hybridized carbons (Fsp3) is 0. The summed E-state index contributed by atoms with van der Waals surface area (Å²) >= 11 is 1.39. The third-order valence-corrected chi connectivity index (χ3v) is 5.18. The molecule has 1 amide bonds. The smallest absolute Gasteiger partial charge is 0.293 e. The molecule has 27 heavy (non-hydrogen) atoms. The first-order valence-corrected chi connectivity index (χ1v) is 9.39. The highest BCUT2D eigenvalue weighted by atomic mass is 32.1. The summed E-state index contributed by atoms with van der Waals surface area (Å²) in [6.07, 6.45) is 0. The number of thiazole rings is 1. The average molecular weight is 370 g/mol. The first kappa shape index (κ1) is 15.8. The van der Waals surface area contributed by atoms with Crippen LogP contribution >= 0.6 is 11.3 Å². The molecule has 0 aliphatic carbocycles. The number of furan rings is 1. The Labute approximate surface area is 159 Å². The van der Waals surface area contributed by atoms with Crippen molar-refractivity contribution in [3.8, 4) is 11.3 Å². The van der Waals surface area contributed by atoms with Gasteiger partial charge in [-0.1, -0.05) is 54.6 Å². The van der Waals surface area contributed by atoms with E-state index in [-0.39, 0.29) is 11.7 Å². The van der Waals surface area contributed by atoms with Crippen LogP contribution in [0.5, 0.6) is 0 Å². The first-order valence-electron chi connectivity index (χ1n) is 8.51. The van der Waals surface area contributed by atoms with Gasteiger partial charge in [0, 0.05) is 16.3 Å². The van der Waals surface area contributed by atoms with Crippen molar-refractivity contribution < 1.29 is 9.21 Å². The fourth-order valence-corrected chi connectivity index (χ4v) is 3.78. The van der Waals surface area contributed by atoms with Crippen molar-refractivity contribution >= 4 is 44.1 Å². The lowest BCUT2D eigenvalue weighted by Crippen LogP contribution is -2.10. The van der Waals surface area contributed by atoms with Crippen LogP contribution < -0.4 is 5.32 Å². The van der Waals surface area contributed by atoms with E-state index >= 15 is 0 Å². The van der Waals surface area contributed by atoms with E-state index in [1.165, 1.54) is 16.7 Å². The van der Waals surface area contributed by atoms with E-state index < -0.39 is 0 Å². The fourth-order valence-electron chi connectivity index (χ4n) is 3.06. The van der Waals surface area contributed by atoms with Crippen LogP contribution in [0, 0.1) is 0 Å². The summed E-state index contributed by atoms with van der Waals surface area (Å²) in [6.45, 7) is 0. The van der Waals surface area contributed by atoms with E-state index in [1.54, 1.807) is 6.07 Å². The number of hydrogen-bond acceptors (Lipinski definition) is 4. The molecule has 3 aromatic carbocycles. The van der Waals surface area contributed by atoms with Gasteiger partial charge in [0.25, 0.3) is 5.91 Å². The third-order valence-electron chi connectivity index (χ3n) is 4.42. The second-order valence-electron chi connectivity index (χ2n) is 6.20. The van der Waals surface area contributed by atoms with Gasteiger partial charge in [0.2, 0.25) is 0 Å². The quantitative estimate of drug-likeness (QED) is 0.426. The van der Waals surface area contributed by atoms with Gasteiger partial charge >= 0.3 is 0 Å². The molecule has 0 fully saturated rings. The number of nitrogens with zero attached hydrogens (tertiary/aromatic N) is 1. The second kappa shape index (κ2) is 6.37. The summed E-state index contributed by atoms with van der Waals surface area (Å²) in [5, 5.41) is 8.56. The van der Waals surface area contributed by atoms with Crippen LogP contribution in [0.25, 0.3) is 33.0 Å². The molecule has 0 saturated carbocycles. The molecule has 130 valence electrons. The summed E-state index contributed by atoms with van der Waals surface area (Å²) in [5.74, 6) is -0.0238. The van der Waals surface area contributed by atoms with Gasteiger partial charge in [-0.05, 0) is 29.0 Å². The Morgan fingerprint density at radius 2 is 1.67 bits per heavy atom. The Kier molecular flexibility index (Phi) is 3.73. The number of rotatable bonds is 3. The number of amides is 1. The zero-order valence-corrected chi connectivity index (χ0v) is 15.0. The minimum Gasteiger partial charge on any atom is -0.451 e. The molecule has 2 heterocycles. The Morgan fingerprint density at radius 1 is 0.889 bits per heavy atom. The molecular weight excluding hydrogens is 356 g/mol. The molecule has 0 spiro atoms. The van der Waals surface area contributed by atoms with Crippen LogP contribution in [-0.4, -0.2) is 10.9 Å². The molecule has 0 aliphatic heterocycles. The molecule has 0 bridgehead atoms. The third kappa shape index (κ3) is 2.98. The predicted molar refractivity (Wildman–Crippen MR) is 109 cm³/mol. The number of carbonyl (C=O) groups excluding carboxylic acids is 1. The van der Waals surface area contributed by atoms with Gasteiger partial charge < -0.3 is 4.42 Å². The number of anilines is 1. The number of carbonyl (C=O) groups is 1. The van der Waals surface area contributed by atoms with Crippen LogP contribution in [0.1, 0.15) is 10.6 Å². The molecule has 4 nitrogen and oxygen atoms in total. The van der Waals surface area contributed by atoms with E-state index in [9.17, 15) is 4.79 Å². The van der Waals surface area contributed by atoms with Crippen molar-refractivity contribution in [3.63, 3.8) is 0 Å². The molecule has 0 unspecified atom stereocenters. The maximum atomic E-state index is 12.5. The van der Waals surface area contributed by atoms with Gasteiger partial charge in [0.1, 0.15) is 5.58 Å². The lowest BCUT2D eigenvalue weighted by atomic mass is 10.1. The summed E-state index contributed by atoms with van der Waals surface area (Å²) in [7, 11) is 0. The molecular formula is C22H14N2O2S. The summed E-state index contributed by atoms with van der Waals surface area (Å²) < 4.78 is 5.61. The normalized spacial score (nSPS) is 11.1. The zero-order chi connectivity index (χ0) is 18.2. The van der Waals surface area contributed by atoms with E-state index in [2.05, 4.69) is 34.6 Å². The van der Waals surface area contributed by atoms with Crippen molar-refractivity contribution in [2.75, 3.05) is 5.32 Å². The molecule has 0 atom stereocenters. The van der Waals surface area contributed by atoms with Gasteiger partial charge in [-0.3, -0.25) is 10.1 Å². The molecule has 0 saturated heterocycles. The van der Waals surface area contributed by atoms with Gasteiger partial charge in [-0.15, -0.1) is 11.3 Å². The minimum absolute atomic E-state index is 0.277. The van der Waals surface area contributed by atoms with Crippen LogP contribution in [0.15, 0.2) is 82.6 Å². The van der Waals surface area contributed by atoms with Crippen LogP contribution in [-0.2, 0) is 0 Å². The van der Waals surface area contributed by atoms with E-state index in [1.807, 2.05) is 47.8 Å². The first-order chi connectivity index (χ1) is 13.3. The van der Waals surface area contributed by atoms with Crippen molar-refractivity contribution in [1.82, 2.24) is 4.98 Å². The summed E-state index contributed by atoms with van der Waals surface area (Å²) in [4.78, 5) is 17.0. The monoisotopic (exact) mass is 370 g/mol. The molecule has 1 N–H and O–H groups in total. The second-order valence-corrected chi connectivity index (χ2v) is 7.06. The van der Waals surface area contributed by atoms with Gasteiger partial charge in [0.15, 0.2) is 10.9 Å². The number of para-hydroxylation sites is 1. The minimum atomic E-state index is -0.300. The van der Waals surface area contributed by atoms with Gasteiger partial charge in [0.05, 0.1) is 5.69 Å². The maximum Gasteiger partial charge on any atom is 0.293 e. The Morgan fingerprint density at radius 3 is 2.52 bits per heavy atom. The largest absolute Gasteiger partial charge is 0.451 e. The predicted octanol–water partition coefficient (Wildman–Crippen LogP) is 5.96. The van der Waals surface area contributed by atoms with Gasteiger partial charge in [-0.2, -0.15) is 0 Å². The van der Waals surface area contributed by atoms with Crippen LogP contribution in [0.4, 0.5) is 5.13 Å². The van der Waals surface area contributed by atoms with Gasteiger partial charge in [-0.25, -0.2) is 4.98 Å². The standard InChI is InChI=1S/C22H14N2O2S/c25-21(20-12-17-7-3-4-8-19(17)26-20)24-22-23-18(13-27-22)16-10-9-14-5-1-2-6-15(14)11-16/h1-13H,(H,23,24,25). The number of hydrogen-bond donors (Lipinski definition) is 1. The molecule has 5 aromatic rings. The number of fused-ring (bicyclic) bond motifs is 2. The Bertz CT molecular complexity index is 1250. The Hall–Kier alpha value is -3.44. The van der Waals surface area contributed by atoms with Crippen molar-refractivity contribution in [3.05, 3.63) is 83.9 Å². The molecule has 5 rings (SSSR count). The van der Waals surface area contributed by atoms with Crippen LogP contribution in [0.3, 0.4) is 0 Å². The topological polar surface area (TPSA) is 55.1 Å². The summed E-state index contributed by atoms with van der Waals surface area (Å²) in [5.41, 5.74) is 2.55. The SMILES string of the molecule is O=C(Nc1nc(-c2ccc3ccccc3c2)cs1)c1cc2ccccc2o1. The van der Waals surface area contributed by atoms with E-state index in [4.69, 9.17) is 4.42 Å². The lowest BCUT2D eigenvalue weighted by molar-refractivity contribution is 0.0998. The number of benzene rings is 3. The molecule has 2 aromatic heterocycles. The Balaban J connectivity index is 1.40. The van der Waals surface area contributed by atoms with E-state index in [0.29, 0.717) is 10.7 Å². The molecule has 0 aliphatic rings. The van der Waals surface area contributed by atoms with Crippen LogP contribution in [0.2, 0.25) is 0 Å².